The third-order valence-corrected chi connectivity index (χ3v) is 3.68. The van der Waals surface area contributed by atoms with Crippen LogP contribution in [0, 0.1) is 0 Å². The maximum Gasteiger partial charge on any atom is 0.153 e. The van der Waals surface area contributed by atoms with E-state index in [1.165, 1.54) is 6.33 Å². The van der Waals surface area contributed by atoms with Crippen molar-refractivity contribution in [3.63, 3.8) is 0 Å². The highest BCUT2D eigenvalue weighted by Crippen LogP contribution is 2.22. The first-order valence-corrected chi connectivity index (χ1v) is 7.84. The first-order valence-electron chi connectivity index (χ1n) is 5.02. The van der Waals surface area contributed by atoms with E-state index in [4.69, 9.17) is 23.2 Å². The van der Waals surface area contributed by atoms with Gasteiger partial charge in [-0.3, -0.25) is 0 Å². The molecule has 18 heavy (non-hydrogen) atoms. The van der Waals surface area contributed by atoms with Crippen LogP contribution < -0.4 is 0 Å². The second-order valence-corrected chi connectivity index (χ2v) is 6.83. The van der Waals surface area contributed by atoms with Crippen molar-refractivity contribution in [3.8, 4) is 5.69 Å². The third kappa shape index (κ3) is 3.04. The molecule has 2 rings (SSSR count). The van der Waals surface area contributed by atoms with Gasteiger partial charge in [0.25, 0.3) is 0 Å². The molecule has 0 unspecified atom stereocenters. The van der Waals surface area contributed by atoms with E-state index < -0.39 is 9.84 Å². The average molecular weight is 305 g/mol. The lowest BCUT2D eigenvalue weighted by molar-refractivity contribution is 0.600. The van der Waals surface area contributed by atoms with Crippen LogP contribution >= 0.6 is 23.2 Å². The maximum atomic E-state index is 11.4. The Hall–Kier alpha value is -1.04. The third-order valence-electron chi connectivity index (χ3n) is 2.32. The second kappa shape index (κ2) is 4.91. The van der Waals surface area contributed by atoms with Crippen LogP contribution in [0.2, 0.25) is 10.2 Å². The highest BCUT2D eigenvalue weighted by atomic mass is 35.5. The summed E-state index contributed by atoms with van der Waals surface area (Å²) >= 11 is 11.7. The van der Waals surface area contributed by atoms with Crippen LogP contribution in [0.4, 0.5) is 0 Å². The molecular weight excluding hydrogens is 295 g/mol. The molecule has 0 amide bonds. The van der Waals surface area contributed by atoms with E-state index in [1.54, 1.807) is 28.8 Å². The molecule has 1 aromatic heterocycles. The predicted octanol–water partition coefficient (Wildman–Crippen LogP) is 2.72. The summed E-state index contributed by atoms with van der Waals surface area (Å²) in [6, 6.07) is 6.97. The van der Waals surface area contributed by atoms with Gasteiger partial charge >= 0.3 is 0 Å². The second-order valence-electron chi connectivity index (χ2n) is 3.90. The molecule has 1 aromatic carbocycles. The SMILES string of the molecule is CS(=O)(=O)Cc1c(Cl)ncn1-c1ccc(Cl)cc1. The van der Waals surface area contributed by atoms with Crippen LogP contribution in [0.5, 0.6) is 0 Å². The van der Waals surface area contributed by atoms with Crippen LogP contribution in [0.1, 0.15) is 5.69 Å². The predicted molar refractivity (Wildman–Crippen MR) is 72.1 cm³/mol. The first-order chi connectivity index (χ1) is 8.37. The van der Waals surface area contributed by atoms with Gasteiger partial charge in [-0.15, -0.1) is 0 Å². The van der Waals surface area contributed by atoms with E-state index in [9.17, 15) is 8.42 Å². The van der Waals surface area contributed by atoms with Gasteiger partial charge < -0.3 is 4.57 Å². The van der Waals surface area contributed by atoms with E-state index in [0.29, 0.717) is 10.7 Å². The molecule has 1 heterocycles. The van der Waals surface area contributed by atoms with Crippen LogP contribution in [0.3, 0.4) is 0 Å². The van der Waals surface area contributed by atoms with Crippen molar-refractivity contribution in [2.24, 2.45) is 0 Å². The van der Waals surface area contributed by atoms with Gasteiger partial charge in [0.1, 0.15) is 6.33 Å². The fourth-order valence-electron chi connectivity index (χ4n) is 1.55. The van der Waals surface area contributed by atoms with E-state index in [-0.39, 0.29) is 10.9 Å². The number of benzene rings is 1. The first kappa shape index (κ1) is 13.4. The zero-order valence-corrected chi connectivity index (χ0v) is 11.8. The van der Waals surface area contributed by atoms with Gasteiger partial charge in [0.05, 0.1) is 11.4 Å². The Kier molecular flexibility index (Phi) is 3.66. The monoisotopic (exact) mass is 304 g/mol. The number of rotatable bonds is 3. The zero-order chi connectivity index (χ0) is 13.3. The van der Waals surface area contributed by atoms with Gasteiger partial charge in [-0.2, -0.15) is 0 Å². The minimum atomic E-state index is -3.18. The van der Waals surface area contributed by atoms with Crippen molar-refractivity contribution in [1.29, 1.82) is 0 Å². The molecule has 0 aliphatic rings. The fraction of sp³-hybridized carbons (Fsp3) is 0.182. The lowest BCUT2D eigenvalue weighted by Gasteiger charge is -2.07. The van der Waals surface area contributed by atoms with Gasteiger partial charge in [0, 0.05) is 17.0 Å². The Morgan fingerprint density at radius 1 is 1.22 bits per heavy atom. The van der Waals surface area contributed by atoms with Crippen molar-refractivity contribution in [2.45, 2.75) is 5.75 Å². The molecule has 0 aliphatic heterocycles. The van der Waals surface area contributed by atoms with Gasteiger partial charge in [-0.1, -0.05) is 23.2 Å². The van der Waals surface area contributed by atoms with Gasteiger partial charge in [0.2, 0.25) is 0 Å². The van der Waals surface area contributed by atoms with Crippen molar-refractivity contribution < 1.29 is 8.42 Å². The molecule has 0 saturated carbocycles. The number of hydrogen-bond acceptors (Lipinski definition) is 3. The Morgan fingerprint density at radius 3 is 2.39 bits per heavy atom. The summed E-state index contributed by atoms with van der Waals surface area (Å²) in [6.45, 7) is 0. The molecule has 0 aliphatic carbocycles. The Labute approximate surface area is 115 Å². The highest BCUT2D eigenvalue weighted by Gasteiger charge is 2.15. The number of imidazole rings is 1. The molecule has 0 atom stereocenters. The van der Waals surface area contributed by atoms with Crippen molar-refractivity contribution in [2.75, 3.05) is 6.26 Å². The quantitative estimate of drug-likeness (QED) is 0.876. The van der Waals surface area contributed by atoms with E-state index in [2.05, 4.69) is 4.98 Å². The Balaban J connectivity index is 2.49. The largest absolute Gasteiger partial charge is 0.301 e. The summed E-state index contributed by atoms with van der Waals surface area (Å²) < 4.78 is 24.4. The molecule has 0 spiro atoms. The van der Waals surface area contributed by atoms with Crippen LogP contribution in [0.15, 0.2) is 30.6 Å². The molecule has 0 bridgehead atoms. The Morgan fingerprint density at radius 2 is 1.83 bits per heavy atom. The van der Waals surface area contributed by atoms with Crippen LogP contribution in [0.25, 0.3) is 5.69 Å². The number of nitrogens with zero attached hydrogens (tertiary/aromatic N) is 2. The summed E-state index contributed by atoms with van der Waals surface area (Å²) in [5.41, 5.74) is 1.21. The van der Waals surface area contributed by atoms with Gasteiger partial charge in [-0.05, 0) is 24.3 Å². The highest BCUT2D eigenvalue weighted by molar-refractivity contribution is 7.89. The number of hydrogen-bond donors (Lipinski definition) is 0. The molecule has 7 heteroatoms. The standard InChI is InChI=1S/C11H10Cl2N2O2S/c1-18(16,17)6-10-11(13)14-7-15(10)9-4-2-8(12)3-5-9/h2-5,7H,6H2,1H3. The molecule has 0 radical (unpaired) electrons. The van der Waals surface area contributed by atoms with Crippen LogP contribution in [-0.2, 0) is 15.6 Å². The summed E-state index contributed by atoms with van der Waals surface area (Å²) in [6.07, 6.45) is 2.65. The molecule has 96 valence electrons. The number of sulfone groups is 1. The lowest BCUT2D eigenvalue weighted by Crippen LogP contribution is -2.06. The van der Waals surface area contributed by atoms with Gasteiger partial charge in [-0.25, -0.2) is 13.4 Å². The summed E-state index contributed by atoms with van der Waals surface area (Å²) in [5.74, 6) is -0.158. The topological polar surface area (TPSA) is 52.0 Å². The molecular formula is C11H10Cl2N2O2S. The summed E-state index contributed by atoms with van der Waals surface area (Å²) in [4.78, 5) is 3.93. The van der Waals surface area contributed by atoms with Crippen molar-refractivity contribution >= 4 is 33.0 Å². The van der Waals surface area contributed by atoms with E-state index in [0.717, 1.165) is 11.9 Å². The summed E-state index contributed by atoms with van der Waals surface area (Å²) in [7, 11) is -3.18. The zero-order valence-electron chi connectivity index (χ0n) is 9.47. The molecule has 2 aromatic rings. The smallest absolute Gasteiger partial charge is 0.153 e. The van der Waals surface area contributed by atoms with Crippen molar-refractivity contribution in [1.82, 2.24) is 9.55 Å². The van der Waals surface area contributed by atoms with E-state index in [1.807, 2.05) is 0 Å². The van der Waals surface area contributed by atoms with E-state index >= 15 is 0 Å². The minimum absolute atomic E-state index is 0.158. The molecule has 0 saturated heterocycles. The lowest BCUT2D eigenvalue weighted by atomic mass is 10.3. The summed E-state index contributed by atoms with van der Waals surface area (Å²) in [5, 5.41) is 0.796. The molecule has 0 N–H and O–H groups in total. The average Bonchev–Trinajstić information content (AvgIpc) is 2.60. The van der Waals surface area contributed by atoms with Crippen LogP contribution in [-0.4, -0.2) is 24.2 Å². The number of aromatic nitrogens is 2. The van der Waals surface area contributed by atoms with Gasteiger partial charge in [0.15, 0.2) is 15.0 Å². The normalized spacial score (nSPS) is 11.7. The molecule has 0 fully saturated rings. The molecule has 4 nitrogen and oxygen atoms in total. The maximum absolute atomic E-state index is 11.4. The number of halogens is 2. The fourth-order valence-corrected chi connectivity index (χ4v) is 2.73. The minimum Gasteiger partial charge on any atom is -0.301 e. The van der Waals surface area contributed by atoms with Crippen molar-refractivity contribution in [3.05, 3.63) is 46.5 Å². The Bertz CT molecular complexity index is 663.